The summed E-state index contributed by atoms with van der Waals surface area (Å²) < 4.78 is 33.1. The van der Waals surface area contributed by atoms with Crippen molar-refractivity contribution < 1.29 is 22.9 Å². The van der Waals surface area contributed by atoms with Gasteiger partial charge in [-0.15, -0.1) is 0 Å². The second-order valence-electron chi connectivity index (χ2n) is 7.42. The number of methoxy groups -OCH3 is 1. The molecule has 0 aliphatic rings. The van der Waals surface area contributed by atoms with Crippen molar-refractivity contribution in [1.29, 1.82) is 0 Å². The highest BCUT2D eigenvalue weighted by molar-refractivity contribution is 7.92. The predicted molar refractivity (Wildman–Crippen MR) is 130 cm³/mol. The maximum Gasteiger partial charge on any atom is 0.271 e. The molecule has 0 atom stereocenters. The zero-order valence-corrected chi connectivity index (χ0v) is 20.2. The van der Waals surface area contributed by atoms with E-state index in [9.17, 15) is 23.3 Å². The zero-order valence-electron chi connectivity index (χ0n) is 18.6. The lowest BCUT2D eigenvalue weighted by Crippen LogP contribution is -2.38. The number of sulfonamides is 1. The Hall–Kier alpha value is -3.63. The van der Waals surface area contributed by atoms with E-state index >= 15 is 0 Å². The Kier molecular flexibility index (Phi) is 7.43. The van der Waals surface area contributed by atoms with E-state index in [1.165, 1.54) is 43.5 Å². The van der Waals surface area contributed by atoms with Crippen LogP contribution < -0.4 is 14.4 Å². The summed E-state index contributed by atoms with van der Waals surface area (Å²) in [4.78, 5) is 23.4. The third-order valence-corrected chi connectivity index (χ3v) is 7.18. The van der Waals surface area contributed by atoms with Crippen LogP contribution in [0, 0.1) is 24.0 Å². The number of halogens is 1. The lowest BCUT2D eigenvalue weighted by atomic mass is 10.1. The van der Waals surface area contributed by atoms with Gasteiger partial charge in [0.25, 0.3) is 15.7 Å². The summed E-state index contributed by atoms with van der Waals surface area (Å²) in [6.45, 7) is 3.14. The molecule has 1 N–H and O–H groups in total. The third kappa shape index (κ3) is 5.46. The van der Waals surface area contributed by atoms with Gasteiger partial charge in [-0.3, -0.25) is 19.2 Å². The molecule has 0 unspecified atom stereocenters. The Labute approximate surface area is 202 Å². The Balaban J connectivity index is 2.00. The van der Waals surface area contributed by atoms with Gasteiger partial charge in [0.15, 0.2) is 0 Å². The van der Waals surface area contributed by atoms with Gasteiger partial charge < -0.3 is 10.1 Å². The molecule has 3 rings (SSSR count). The summed E-state index contributed by atoms with van der Waals surface area (Å²) in [6, 6.07) is 14.4. The second kappa shape index (κ2) is 10.1. The number of carbonyl (C=O) groups excluding carboxylic acids is 1. The van der Waals surface area contributed by atoms with E-state index in [1.54, 1.807) is 18.2 Å². The largest absolute Gasteiger partial charge is 0.495 e. The van der Waals surface area contributed by atoms with Crippen LogP contribution in [-0.4, -0.2) is 32.9 Å². The smallest absolute Gasteiger partial charge is 0.271 e. The van der Waals surface area contributed by atoms with Crippen LogP contribution in [0.1, 0.15) is 11.1 Å². The second-order valence-corrected chi connectivity index (χ2v) is 9.72. The first-order chi connectivity index (χ1) is 16.0. The normalized spacial score (nSPS) is 11.1. The maximum absolute atomic E-state index is 13.5. The maximum atomic E-state index is 13.5. The topological polar surface area (TPSA) is 119 Å². The summed E-state index contributed by atoms with van der Waals surface area (Å²) in [6.07, 6.45) is 0. The van der Waals surface area contributed by atoms with Crippen LogP contribution >= 0.6 is 11.6 Å². The van der Waals surface area contributed by atoms with E-state index in [0.29, 0.717) is 10.7 Å². The lowest BCUT2D eigenvalue weighted by Gasteiger charge is -2.25. The van der Waals surface area contributed by atoms with Crippen LogP contribution in [-0.2, 0) is 14.8 Å². The summed E-state index contributed by atoms with van der Waals surface area (Å²) in [7, 11) is -2.80. The highest BCUT2D eigenvalue weighted by Crippen LogP contribution is 2.30. The molecule has 0 saturated carbocycles. The van der Waals surface area contributed by atoms with Gasteiger partial charge in [0.2, 0.25) is 5.91 Å². The van der Waals surface area contributed by atoms with Gasteiger partial charge in [-0.2, -0.15) is 0 Å². The number of hydrogen-bond donors (Lipinski definition) is 1. The first-order valence-electron chi connectivity index (χ1n) is 10.0. The number of carbonyl (C=O) groups is 1. The monoisotopic (exact) mass is 503 g/mol. The SMILES string of the molecule is COc1ccc([N+](=O)[O-])cc1NC(=O)CN(c1ccc(C)c(C)c1)S(=O)(=O)c1ccc(Cl)cc1. The molecule has 3 aromatic rings. The quantitative estimate of drug-likeness (QED) is 0.351. The van der Waals surface area contributed by atoms with Crippen LogP contribution in [0.15, 0.2) is 65.6 Å². The van der Waals surface area contributed by atoms with Crippen LogP contribution in [0.4, 0.5) is 17.1 Å². The molecule has 0 aliphatic heterocycles. The molecular weight excluding hydrogens is 482 g/mol. The minimum atomic E-state index is -4.15. The minimum Gasteiger partial charge on any atom is -0.495 e. The number of nitro benzene ring substituents is 1. The molecule has 34 heavy (non-hydrogen) atoms. The average molecular weight is 504 g/mol. The van der Waals surface area contributed by atoms with E-state index in [0.717, 1.165) is 21.5 Å². The van der Waals surface area contributed by atoms with E-state index in [1.807, 2.05) is 13.8 Å². The van der Waals surface area contributed by atoms with Gasteiger partial charge in [0.1, 0.15) is 12.3 Å². The van der Waals surface area contributed by atoms with E-state index in [-0.39, 0.29) is 22.0 Å². The third-order valence-electron chi connectivity index (χ3n) is 5.14. The van der Waals surface area contributed by atoms with E-state index < -0.39 is 27.4 Å². The summed E-state index contributed by atoms with van der Waals surface area (Å²) in [5, 5.41) is 14.0. The van der Waals surface area contributed by atoms with Crippen LogP contribution in [0.3, 0.4) is 0 Å². The van der Waals surface area contributed by atoms with Crippen LogP contribution in [0.5, 0.6) is 5.75 Å². The van der Waals surface area contributed by atoms with Gasteiger partial charge in [0.05, 0.1) is 28.3 Å². The van der Waals surface area contributed by atoms with Crippen molar-refractivity contribution in [3.63, 3.8) is 0 Å². The molecular formula is C23H22ClN3O6S. The van der Waals surface area contributed by atoms with Crippen molar-refractivity contribution in [1.82, 2.24) is 0 Å². The molecule has 0 spiro atoms. The fraction of sp³-hybridized carbons (Fsp3) is 0.174. The first kappa shape index (κ1) is 25.0. The number of amides is 1. The number of hydrogen-bond acceptors (Lipinski definition) is 6. The highest BCUT2D eigenvalue weighted by Gasteiger charge is 2.28. The van der Waals surface area contributed by atoms with Crippen LogP contribution in [0.25, 0.3) is 0 Å². The molecule has 0 aromatic heterocycles. The molecule has 0 radical (unpaired) electrons. The summed E-state index contributed by atoms with van der Waals surface area (Å²) in [5.41, 5.74) is 1.88. The van der Waals surface area contributed by atoms with Gasteiger partial charge in [0, 0.05) is 17.2 Å². The Morgan fingerprint density at radius 2 is 1.74 bits per heavy atom. The number of nitrogens with one attached hydrogen (secondary N) is 1. The van der Waals surface area contributed by atoms with Crippen molar-refractivity contribution in [2.45, 2.75) is 18.7 Å². The number of non-ortho nitro benzene ring substituents is 1. The molecule has 9 nitrogen and oxygen atoms in total. The lowest BCUT2D eigenvalue weighted by molar-refractivity contribution is -0.384. The van der Waals surface area contributed by atoms with Crippen molar-refractivity contribution in [2.24, 2.45) is 0 Å². The minimum absolute atomic E-state index is 0.0455. The Morgan fingerprint density at radius 1 is 1.06 bits per heavy atom. The van der Waals surface area contributed by atoms with Crippen molar-refractivity contribution in [2.75, 3.05) is 23.3 Å². The number of nitro groups is 1. The molecule has 0 heterocycles. The Morgan fingerprint density at radius 3 is 2.32 bits per heavy atom. The molecule has 0 bridgehead atoms. The van der Waals surface area contributed by atoms with Gasteiger partial charge in [-0.05, 0) is 67.4 Å². The number of nitrogens with zero attached hydrogens (tertiary/aromatic N) is 2. The number of ether oxygens (including phenoxy) is 1. The Bertz CT molecular complexity index is 1340. The first-order valence-corrected chi connectivity index (χ1v) is 11.8. The standard InChI is InChI=1S/C23H22ClN3O6S/c1-15-4-7-18(12-16(15)2)26(34(31,32)20-9-5-17(24)6-10-20)14-23(28)25-21-13-19(27(29)30)8-11-22(21)33-3/h4-13H,14H2,1-3H3,(H,25,28). The highest BCUT2D eigenvalue weighted by atomic mass is 35.5. The number of benzene rings is 3. The number of anilines is 2. The summed E-state index contributed by atoms with van der Waals surface area (Å²) >= 11 is 5.90. The zero-order chi connectivity index (χ0) is 25.0. The van der Waals surface area contributed by atoms with E-state index in [2.05, 4.69) is 5.32 Å². The molecule has 0 aliphatic carbocycles. The van der Waals surface area contributed by atoms with Gasteiger partial charge in [-0.1, -0.05) is 17.7 Å². The predicted octanol–water partition coefficient (Wildman–Crippen LogP) is 4.71. The number of aryl methyl sites for hydroxylation is 2. The van der Waals surface area contributed by atoms with Crippen molar-refractivity contribution in [3.05, 3.63) is 86.9 Å². The molecule has 3 aromatic carbocycles. The van der Waals surface area contributed by atoms with Gasteiger partial charge in [-0.25, -0.2) is 8.42 Å². The number of rotatable bonds is 8. The molecule has 1 amide bonds. The molecule has 11 heteroatoms. The fourth-order valence-corrected chi connectivity index (χ4v) is 4.70. The van der Waals surface area contributed by atoms with E-state index in [4.69, 9.17) is 16.3 Å². The summed E-state index contributed by atoms with van der Waals surface area (Å²) in [5.74, 6) is -0.521. The average Bonchev–Trinajstić information content (AvgIpc) is 2.79. The molecule has 178 valence electrons. The van der Waals surface area contributed by atoms with Crippen LogP contribution in [0.2, 0.25) is 5.02 Å². The van der Waals surface area contributed by atoms with Gasteiger partial charge >= 0.3 is 0 Å². The molecule has 0 saturated heterocycles. The van der Waals surface area contributed by atoms with Crippen molar-refractivity contribution in [3.8, 4) is 5.75 Å². The molecule has 0 fully saturated rings. The van der Waals surface area contributed by atoms with Crippen molar-refractivity contribution >= 4 is 44.6 Å². The fourth-order valence-electron chi connectivity index (χ4n) is 3.16.